The summed E-state index contributed by atoms with van der Waals surface area (Å²) >= 11 is 0. The second-order valence-electron chi connectivity index (χ2n) is 2.10. The van der Waals surface area contributed by atoms with E-state index in [1.54, 1.807) is 6.92 Å². The molecule has 54 valence electrons. The summed E-state index contributed by atoms with van der Waals surface area (Å²) in [6.07, 6.45) is 0.416. The lowest BCUT2D eigenvalue weighted by molar-refractivity contribution is -0.152. The van der Waals surface area contributed by atoms with Gasteiger partial charge in [0.25, 0.3) is 0 Å². The monoisotopic (exact) mass is 131 g/mol. The first kappa shape index (κ1) is 8.43. The lowest BCUT2D eigenvalue weighted by Gasteiger charge is -2.05. The molecule has 0 bridgehead atoms. The molecule has 0 atom stereocenters. The van der Waals surface area contributed by atoms with Gasteiger partial charge in [0.05, 0.1) is 0 Å². The summed E-state index contributed by atoms with van der Waals surface area (Å²) in [6, 6.07) is 0.195. The van der Waals surface area contributed by atoms with Gasteiger partial charge in [-0.15, -0.1) is 0 Å². The molecular weight excluding hydrogens is 118 g/mol. The third-order valence-corrected chi connectivity index (χ3v) is 0.697. The fourth-order valence-corrected chi connectivity index (χ4v) is 0.256. The lowest BCUT2D eigenvalue weighted by atomic mass is 10.4. The second kappa shape index (κ2) is 4.32. The number of hydrogen-bond donors (Lipinski definition) is 1. The Hall–Kier alpha value is -0.570. The Morgan fingerprint density at radius 2 is 2.22 bits per heavy atom. The Bertz CT molecular complexity index is 91.1. The van der Waals surface area contributed by atoms with E-state index < -0.39 is 0 Å². The topological polar surface area (TPSA) is 38.3 Å². The van der Waals surface area contributed by atoms with E-state index in [9.17, 15) is 4.79 Å². The molecular formula is C6H13NO2. The van der Waals surface area contributed by atoms with E-state index in [0.29, 0.717) is 6.42 Å². The maximum absolute atomic E-state index is 10.4. The number of nitrogens with one attached hydrogen (secondary N) is 1. The van der Waals surface area contributed by atoms with Gasteiger partial charge in [-0.3, -0.25) is 4.79 Å². The maximum atomic E-state index is 10.4. The zero-order valence-corrected chi connectivity index (χ0v) is 6.10. The zero-order valence-electron chi connectivity index (χ0n) is 6.10. The van der Waals surface area contributed by atoms with Crippen LogP contribution in [0.2, 0.25) is 0 Å². The number of carbonyl (C=O) groups excluding carboxylic acids is 1. The highest BCUT2D eigenvalue weighted by Crippen LogP contribution is 1.82. The first-order valence-electron chi connectivity index (χ1n) is 3.12. The molecule has 0 amide bonds. The van der Waals surface area contributed by atoms with Crippen molar-refractivity contribution in [1.82, 2.24) is 5.48 Å². The summed E-state index contributed by atoms with van der Waals surface area (Å²) in [5, 5.41) is 0. The summed E-state index contributed by atoms with van der Waals surface area (Å²) in [6.45, 7) is 5.57. The van der Waals surface area contributed by atoms with Gasteiger partial charge in [-0.2, -0.15) is 5.48 Å². The molecule has 9 heavy (non-hydrogen) atoms. The Morgan fingerprint density at radius 3 is 2.56 bits per heavy atom. The van der Waals surface area contributed by atoms with Gasteiger partial charge in [0.2, 0.25) is 0 Å². The van der Waals surface area contributed by atoms with Crippen LogP contribution in [0.3, 0.4) is 0 Å². The molecule has 0 radical (unpaired) electrons. The minimum absolute atomic E-state index is 0.195. The van der Waals surface area contributed by atoms with Crippen molar-refractivity contribution in [1.29, 1.82) is 0 Å². The van der Waals surface area contributed by atoms with Crippen LogP contribution in [0.5, 0.6) is 0 Å². The number of carbonyl (C=O) groups is 1. The molecule has 0 aliphatic carbocycles. The molecule has 3 nitrogen and oxygen atoms in total. The predicted octanol–water partition coefficient (Wildman–Crippen LogP) is 0.853. The van der Waals surface area contributed by atoms with Gasteiger partial charge in [-0.1, -0.05) is 6.92 Å². The summed E-state index contributed by atoms with van der Waals surface area (Å²) in [7, 11) is 0. The van der Waals surface area contributed by atoms with E-state index in [-0.39, 0.29) is 12.0 Å². The Labute approximate surface area is 55.3 Å². The maximum Gasteiger partial charge on any atom is 0.324 e. The van der Waals surface area contributed by atoms with Crippen molar-refractivity contribution in [3.63, 3.8) is 0 Å². The summed E-state index contributed by atoms with van der Waals surface area (Å²) < 4.78 is 0. The minimum atomic E-state index is -0.219. The highest BCUT2D eigenvalue weighted by molar-refractivity contribution is 5.68. The number of rotatable bonds is 3. The van der Waals surface area contributed by atoms with E-state index in [1.165, 1.54) is 0 Å². The number of hydrogen-bond acceptors (Lipinski definition) is 3. The van der Waals surface area contributed by atoms with Crippen molar-refractivity contribution in [2.75, 3.05) is 0 Å². The number of hydroxylamine groups is 1. The van der Waals surface area contributed by atoms with Gasteiger partial charge >= 0.3 is 5.97 Å². The summed E-state index contributed by atoms with van der Waals surface area (Å²) in [4.78, 5) is 15.0. The third-order valence-electron chi connectivity index (χ3n) is 0.697. The highest BCUT2D eigenvalue weighted by Gasteiger charge is 1.97. The molecule has 0 saturated carbocycles. The van der Waals surface area contributed by atoms with Gasteiger partial charge in [0, 0.05) is 12.5 Å². The van der Waals surface area contributed by atoms with Gasteiger partial charge in [0.15, 0.2) is 0 Å². The van der Waals surface area contributed by atoms with Crippen molar-refractivity contribution in [3.05, 3.63) is 0 Å². The van der Waals surface area contributed by atoms with E-state index in [1.807, 2.05) is 13.8 Å². The van der Waals surface area contributed by atoms with E-state index in [0.717, 1.165) is 0 Å². The molecule has 0 aliphatic heterocycles. The SMILES string of the molecule is CCC(=O)ONC(C)C. The molecule has 1 N–H and O–H groups in total. The van der Waals surface area contributed by atoms with Crippen molar-refractivity contribution in [2.24, 2.45) is 0 Å². The average molecular weight is 131 g/mol. The Morgan fingerprint density at radius 1 is 1.67 bits per heavy atom. The fraction of sp³-hybridized carbons (Fsp3) is 0.833. The average Bonchev–Trinajstić information content (AvgIpc) is 1.83. The molecule has 0 saturated heterocycles. The quantitative estimate of drug-likeness (QED) is 0.577. The predicted molar refractivity (Wildman–Crippen MR) is 34.7 cm³/mol. The van der Waals surface area contributed by atoms with Crippen LogP contribution in [0.25, 0.3) is 0 Å². The molecule has 0 aromatic carbocycles. The molecule has 0 heterocycles. The van der Waals surface area contributed by atoms with Crippen molar-refractivity contribution >= 4 is 5.97 Å². The van der Waals surface area contributed by atoms with Crippen LogP contribution in [0.15, 0.2) is 0 Å². The largest absolute Gasteiger partial charge is 0.370 e. The second-order valence-corrected chi connectivity index (χ2v) is 2.10. The van der Waals surface area contributed by atoms with Gasteiger partial charge in [-0.25, -0.2) is 0 Å². The molecule has 3 heteroatoms. The fourth-order valence-electron chi connectivity index (χ4n) is 0.256. The molecule has 0 unspecified atom stereocenters. The standard InChI is InChI=1S/C6H13NO2/c1-4-6(8)9-7-5(2)3/h5,7H,4H2,1-3H3. The molecule has 0 aromatic heterocycles. The van der Waals surface area contributed by atoms with Crippen LogP contribution in [-0.4, -0.2) is 12.0 Å². The minimum Gasteiger partial charge on any atom is -0.370 e. The van der Waals surface area contributed by atoms with Crippen LogP contribution in [-0.2, 0) is 9.63 Å². The summed E-state index contributed by atoms with van der Waals surface area (Å²) in [5.74, 6) is -0.219. The molecule has 0 fully saturated rings. The Balaban J connectivity index is 3.17. The lowest BCUT2D eigenvalue weighted by Crippen LogP contribution is -2.26. The van der Waals surface area contributed by atoms with E-state index >= 15 is 0 Å². The van der Waals surface area contributed by atoms with Crippen LogP contribution < -0.4 is 5.48 Å². The zero-order chi connectivity index (χ0) is 7.28. The van der Waals surface area contributed by atoms with Crippen LogP contribution >= 0.6 is 0 Å². The van der Waals surface area contributed by atoms with Gasteiger partial charge < -0.3 is 4.84 Å². The van der Waals surface area contributed by atoms with Crippen LogP contribution in [0, 0.1) is 0 Å². The molecule has 0 spiro atoms. The molecule has 0 aromatic rings. The first-order chi connectivity index (χ1) is 4.16. The Kier molecular flexibility index (Phi) is 4.05. The smallest absolute Gasteiger partial charge is 0.324 e. The van der Waals surface area contributed by atoms with Gasteiger partial charge in [0.1, 0.15) is 0 Å². The normalized spacial score (nSPS) is 9.78. The summed E-state index contributed by atoms with van der Waals surface area (Å²) in [5.41, 5.74) is 2.55. The molecule has 0 aliphatic rings. The van der Waals surface area contributed by atoms with E-state index in [4.69, 9.17) is 0 Å². The molecule has 0 rings (SSSR count). The van der Waals surface area contributed by atoms with Crippen molar-refractivity contribution in [2.45, 2.75) is 33.2 Å². The van der Waals surface area contributed by atoms with Crippen molar-refractivity contribution in [3.8, 4) is 0 Å². The highest BCUT2D eigenvalue weighted by atomic mass is 16.7. The van der Waals surface area contributed by atoms with Crippen LogP contribution in [0.4, 0.5) is 0 Å². The first-order valence-corrected chi connectivity index (χ1v) is 3.12. The van der Waals surface area contributed by atoms with Crippen LogP contribution in [0.1, 0.15) is 27.2 Å². The van der Waals surface area contributed by atoms with E-state index in [2.05, 4.69) is 10.3 Å². The van der Waals surface area contributed by atoms with Crippen molar-refractivity contribution < 1.29 is 9.63 Å². The third kappa shape index (κ3) is 5.30. The van der Waals surface area contributed by atoms with Gasteiger partial charge in [-0.05, 0) is 13.8 Å².